The molecule has 0 aromatic carbocycles. The van der Waals surface area contributed by atoms with Gasteiger partial charge in [0.15, 0.2) is 0 Å². The van der Waals surface area contributed by atoms with Crippen LogP contribution in [0.25, 0.3) is 0 Å². The Morgan fingerprint density at radius 1 is 1.43 bits per heavy atom. The first-order valence-corrected chi connectivity index (χ1v) is 5.42. The van der Waals surface area contributed by atoms with Crippen molar-refractivity contribution >= 4 is 0 Å². The summed E-state index contributed by atoms with van der Waals surface area (Å²) in [5.41, 5.74) is 2.44. The van der Waals surface area contributed by atoms with Crippen LogP contribution in [0.1, 0.15) is 43.4 Å². The smallest absolute Gasteiger partial charge is 0.0546 e. The number of aliphatic hydroxyl groups excluding tert-OH is 1. The van der Waals surface area contributed by atoms with Crippen molar-refractivity contribution in [3.63, 3.8) is 0 Å². The van der Waals surface area contributed by atoms with Crippen molar-refractivity contribution in [1.82, 2.24) is 4.98 Å². The molecule has 14 heavy (non-hydrogen) atoms. The van der Waals surface area contributed by atoms with E-state index >= 15 is 0 Å². The lowest BCUT2D eigenvalue weighted by atomic mass is 9.99. The zero-order chi connectivity index (χ0) is 9.97. The van der Waals surface area contributed by atoms with Crippen LogP contribution in [0, 0.1) is 0 Å². The number of hydrogen-bond donors (Lipinski definition) is 1. The van der Waals surface area contributed by atoms with Gasteiger partial charge in [-0.15, -0.1) is 0 Å². The summed E-state index contributed by atoms with van der Waals surface area (Å²) in [7, 11) is 0. The largest absolute Gasteiger partial charge is 0.393 e. The molecule has 1 fully saturated rings. The van der Waals surface area contributed by atoms with E-state index in [-0.39, 0.29) is 6.10 Å². The van der Waals surface area contributed by atoms with Crippen molar-refractivity contribution in [2.75, 3.05) is 0 Å². The van der Waals surface area contributed by atoms with Gasteiger partial charge in [-0.3, -0.25) is 4.98 Å². The van der Waals surface area contributed by atoms with Gasteiger partial charge in [0.2, 0.25) is 0 Å². The molecule has 0 aliphatic heterocycles. The van der Waals surface area contributed by atoms with E-state index in [9.17, 15) is 5.11 Å². The zero-order valence-electron chi connectivity index (χ0n) is 8.61. The molecule has 1 saturated carbocycles. The fourth-order valence-corrected chi connectivity index (χ4v) is 2.15. The van der Waals surface area contributed by atoms with Gasteiger partial charge in [0, 0.05) is 11.9 Å². The molecule has 0 saturated heterocycles. The normalized spacial score (nSPS) is 26.7. The van der Waals surface area contributed by atoms with Gasteiger partial charge in [0.25, 0.3) is 0 Å². The highest BCUT2D eigenvalue weighted by Crippen LogP contribution is 2.33. The topological polar surface area (TPSA) is 33.1 Å². The van der Waals surface area contributed by atoms with E-state index in [0.717, 1.165) is 31.4 Å². The van der Waals surface area contributed by atoms with Crippen LogP contribution in [-0.4, -0.2) is 16.2 Å². The van der Waals surface area contributed by atoms with Crippen molar-refractivity contribution in [2.24, 2.45) is 0 Å². The molecule has 1 aliphatic rings. The summed E-state index contributed by atoms with van der Waals surface area (Å²) in [4.78, 5) is 4.39. The van der Waals surface area contributed by atoms with E-state index in [1.54, 1.807) is 0 Å². The molecule has 2 rings (SSSR count). The molecule has 1 aromatic heterocycles. The van der Waals surface area contributed by atoms with Crippen LogP contribution in [-0.2, 0) is 6.42 Å². The minimum atomic E-state index is -0.0918. The Labute approximate surface area is 85.0 Å². The minimum Gasteiger partial charge on any atom is -0.393 e. The van der Waals surface area contributed by atoms with E-state index in [1.165, 1.54) is 5.56 Å². The number of aryl methyl sites for hydroxylation is 1. The average molecular weight is 191 g/mol. The molecule has 1 heterocycles. The Morgan fingerprint density at radius 3 is 2.79 bits per heavy atom. The number of aromatic nitrogens is 1. The molecule has 2 atom stereocenters. The SMILES string of the molecule is CCc1ccc(C2CC[C@H](O)C2)cn1. The third-order valence-corrected chi connectivity index (χ3v) is 3.09. The second kappa shape index (κ2) is 4.09. The molecule has 1 unspecified atom stereocenters. The number of nitrogens with zero attached hydrogens (tertiary/aromatic N) is 1. The molecule has 1 aromatic rings. The Bertz CT molecular complexity index is 294. The molecule has 1 aliphatic carbocycles. The summed E-state index contributed by atoms with van der Waals surface area (Å²) < 4.78 is 0. The van der Waals surface area contributed by atoms with Gasteiger partial charge in [0.1, 0.15) is 0 Å². The van der Waals surface area contributed by atoms with E-state index in [0.29, 0.717) is 5.92 Å². The number of aliphatic hydroxyl groups is 1. The molecule has 2 nitrogen and oxygen atoms in total. The first-order valence-electron chi connectivity index (χ1n) is 5.42. The second-order valence-electron chi connectivity index (χ2n) is 4.10. The highest BCUT2D eigenvalue weighted by Gasteiger charge is 2.24. The average Bonchev–Trinajstić information content (AvgIpc) is 2.65. The Balaban J connectivity index is 2.09. The maximum Gasteiger partial charge on any atom is 0.0546 e. The lowest BCUT2D eigenvalue weighted by molar-refractivity contribution is 0.181. The molecule has 0 spiro atoms. The van der Waals surface area contributed by atoms with Crippen molar-refractivity contribution in [1.29, 1.82) is 0 Å². The van der Waals surface area contributed by atoms with Gasteiger partial charge < -0.3 is 5.11 Å². The van der Waals surface area contributed by atoms with Crippen LogP contribution >= 0.6 is 0 Å². The predicted octanol–water partition coefficient (Wildman–Crippen LogP) is 2.27. The summed E-state index contributed by atoms with van der Waals surface area (Å²) in [5, 5.41) is 9.44. The Kier molecular flexibility index (Phi) is 2.82. The molecular weight excluding hydrogens is 174 g/mol. The van der Waals surface area contributed by atoms with Gasteiger partial charge in [-0.25, -0.2) is 0 Å². The van der Waals surface area contributed by atoms with E-state index in [4.69, 9.17) is 0 Å². The third-order valence-electron chi connectivity index (χ3n) is 3.09. The van der Waals surface area contributed by atoms with E-state index in [1.807, 2.05) is 6.20 Å². The Morgan fingerprint density at radius 2 is 2.29 bits per heavy atom. The fourth-order valence-electron chi connectivity index (χ4n) is 2.15. The molecule has 0 amide bonds. The maximum absolute atomic E-state index is 9.44. The van der Waals surface area contributed by atoms with Gasteiger partial charge in [0.05, 0.1) is 6.10 Å². The van der Waals surface area contributed by atoms with Crippen LogP contribution < -0.4 is 0 Å². The summed E-state index contributed by atoms with van der Waals surface area (Å²) in [5.74, 6) is 0.531. The molecular formula is C12H17NO. The zero-order valence-corrected chi connectivity index (χ0v) is 8.61. The van der Waals surface area contributed by atoms with Gasteiger partial charge >= 0.3 is 0 Å². The maximum atomic E-state index is 9.44. The first kappa shape index (κ1) is 9.66. The number of hydrogen-bond acceptors (Lipinski definition) is 2. The van der Waals surface area contributed by atoms with Gasteiger partial charge in [-0.05, 0) is 43.2 Å². The highest BCUT2D eigenvalue weighted by atomic mass is 16.3. The van der Waals surface area contributed by atoms with Gasteiger partial charge in [-0.1, -0.05) is 13.0 Å². The van der Waals surface area contributed by atoms with E-state index < -0.39 is 0 Å². The summed E-state index contributed by atoms with van der Waals surface area (Å²) in [6.07, 6.45) is 5.84. The molecule has 76 valence electrons. The highest BCUT2D eigenvalue weighted by molar-refractivity contribution is 5.19. The van der Waals surface area contributed by atoms with Crippen molar-refractivity contribution in [2.45, 2.75) is 44.6 Å². The van der Waals surface area contributed by atoms with Crippen LogP contribution in [0.15, 0.2) is 18.3 Å². The molecule has 0 radical (unpaired) electrons. The van der Waals surface area contributed by atoms with Crippen LogP contribution in [0.3, 0.4) is 0 Å². The van der Waals surface area contributed by atoms with Crippen molar-refractivity contribution in [3.8, 4) is 0 Å². The molecule has 0 bridgehead atoms. The lowest BCUT2D eigenvalue weighted by Gasteiger charge is -2.09. The standard InChI is InChI=1S/C12H17NO/c1-2-11-5-3-10(8-13-11)9-4-6-12(14)7-9/h3,5,8-9,12,14H,2,4,6-7H2,1H3/t9?,12-/m0/s1. The predicted molar refractivity (Wildman–Crippen MR) is 56.2 cm³/mol. The minimum absolute atomic E-state index is 0.0918. The summed E-state index contributed by atoms with van der Waals surface area (Å²) in [6, 6.07) is 4.26. The third kappa shape index (κ3) is 1.95. The first-order chi connectivity index (χ1) is 6.79. The van der Waals surface area contributed by atoms with Crippen molar-refractivity contribution in [3.05, 3.63) is 29.6 Å². The fraction of sp³-hybridized carbons (Fsp3) is 0.583. The number of pyridine rings is 1. The van der Waals surface area contributed by atoms with Gasteiger partial charge in [-0.2, -0.15) is 0 Å². The summed E-state index contributed by atoms with van der Waals surface area (Å²) in [6.45, 7) is 2.11. The van der Waals surface area contributed by atoms with Crippen LogP contribution in [0.2, 0.25) is 0 Å². The van der Waals surface area contributed by atoms with Crippen LogP contribution in [0.4, 0.5) is 0 Å². The monoisotopic (exact) mass is 191 g/mol. The van der Waals surface area contributed by atoms with E-state index in [2.05, 4.69) is 24.0 Å². The summed E-state index contributed by atoms with van der Waals surface area (Å²) >= 11 is 0. The molecule has 2 heteroatoms. The second-order valence-corrected chi connectivity index (χ2v) is 4.10. The molecule has 1 N–H and O–H groups in total. The van der Waals surface area contributed by atoms with Crippen LogP contribution in [0.5, 0.6) is 0 Å². The van der Waals surface area contributed by atoms with Crippen molar-refractivity contribution < 1.29 is 5.11 Å². The lowest BCUT2D eigenvalue weighted by Crippen LogP contribution is -2.00. The number of rotatable bonds is 2. The Hall–Kier alpha value is -0.890. The quantitative estimate of drug-likeness (QED) is 0.778.